The largest absolute Gasteiger partial charge is 0.480 e. The Kier molecular flexibility index (Phi) is 5.07. The van der Waals surface area contributed by atoms with Crippen LogP contribution in [0.2, 0.25) is 0 Å². The summed E-state index contributed by atoms with van der Waals surface area (Å²) in [6.45, 7) is 3.32. The number of amides is 1. The van der Waals surface area contributed by atoms with E-state index in [2.05, 4.69) is 10.5 Å². The molecular formula is C21H20N2O4. The summed E-state index contributed by atoms with van der Waals surface area (Å²) in [4.78, 5) is 25.6. The molecule has 1 amide bonds. The lowest BCUT2D eigenvalue weighted by molar-refractivity contribution is -0.146. The van der Waals surface area contributed by atoms with Crippen LogP contribution < -0.4 is 5.32 Å². The summed E-state index contributed by atoms with van der Waals surface area (Å²) in [5, 5.41) is 16.7. The summed E-state index contributed by atoms with van der Waals surface area (Å²) in [7, 11) is 0. The minimum atomic E-state index is -1.55. The van der Waals surface area contributed by atoms with Crippen molar-refractivity contribution in [2.75, 3.05) is 5.32 Å². The molecular weight excluding hydrogens is 344 g/mol. The second kappa shape index (κ2) is 7.45. The van der Waals surface area contributed by atoms with E-state index in [1.54, 1.807) is 68.4 Å². The van der Waals surface area contributed by atoms with Crippen molar-refractivity contribution in [2.45, 2.75) is 19.3 Å². The first-order valence-electron chi connectivity index (χ1n) is 8.55. The normalized spacial score (nSPS) is 12.4. The lowest BCUT2D eigenvalue weighted by Gasteiger charge is -2.35. The smallest absolute Gasteiger partial charge is 0.319 e. The number of carbonyl (C=O) groups is 2. The molecule has 0 saturated heterocycles. The third-order valence-electron chi connectivity index (χ3n) is 4.72. The summed E-state index contributed by atoms with van der Waals surface area (Å²) < 4.78 is 4.97. The molecule has 1 unspecified atom stereocenters. The third kappa shape index (κ3) is 3.33. The fourth-order valence-corrected chi connectivity index (χ4v) is 3.36. The Labute approximate surface area is 156 Å². The van der Waals surface area contributed by atoms with Crippen LogP contribution in [0.4, 0.5) is 5.82 Å². The number of benzene rings is 2. The molecule has 3 aromatic rings. The molecule has 6 heteroatoms. The summed E-state index contributed by atoms with van der Waals surface area (Å²) >= 11 is 0. The first-order valence-corrected chi connectivity index (χ1v) is 8.55. The van der Waals surface area contributed by atoms with E-state index in [0.717, 1.165) is 0 Å². The molecule has 0 bridgehead atoms. The van der Waals surface area contributed by atoms with Crippen LogP contribution in [-0.2, 0) is 15.0 Å². The van der Waals surface area contributed by atoms with E-state index in [-0.39, 0.29) is 5.82 Å². The van der Waals surface area contributed by atoms with Crippen LogP contribution in [0.25, 0.3) is 0 Å². The van der Waals surface area contributed by atoms with Crippen molar-refractivity contribution in [3.05, 3.63) is 83.6 Å². The van der Waals surface area contributed by atoms with E-state index in [9.17, 15) is 14.7 Å². The van der Waals surface area contributed by atoms with Crippen LogP contribution in [0.5, 0.6) is 0 Å². The Bertz CT molecular complexity index is 896. The highest BCUT2D eigenvalue weighted by Gasteiger charge is 2.50. The topological polar surface area (TPSA) is 92.4 Å². The van der Waals surface area contributed by atoms with Crippen LogP contribution in [-0.4, -0.2) is 22.1 Å². The molecule has 138 valence electrons. The molecule has 0 aliphatic carbocycles. The van der Waals surface area contributed by atoms with E-state index in [4.69, 9.17) is 4.52 Å². The van der Waals surface area contributed by atoms with Gasteiger partial charge >= 0.3 is 5.97 Å². The highest BCUT2D eigenvalue weighted by atomic mass is 16.5. The fraction of sp³-hybridized carbons (Fsp3) is 0.190. The monoisotopic (exact) mass is 364 g/mol. The van der Waals surface area contributed by atoms with Crippen molar-refractivity contribution >= 4 is 17.7 Å². The Morgan fingerprint density at radius 2 is 1.56 bits per heavy atom. The van der Waals surface area contributed by atoms with Gasteiger partial charge in [-0.15, -0.1) is 0 Å². The van der Waals surface area contributed by atoms with Gasteiger partial charge in [0.05, 0.1) is 5.92 Å². The summed E-state index contributed by atoms with van der Waals surface area (Å²) in [5.74, 6) is -1.67. The van der Waals surface area contributed by atoms with Gasteiger partial charge in [-0.05, 0) is 18.1 Å². The molecule has 0 fully saturated rings. The quantitative estimate of drug-likeness (QED) is 0.697. The standard InChI is InChI=1S/C21H20N2O4/c1-14-13-18(23-27-14)22-19(24)15(2)21(20(25)26,16-9-5-3-6-10-16)17-11-7-4-8-12-17/h3-13,15H,1-2H3,(H,25,26)(H,22,23,24). The number of carboxylic acid groups (broad SMARTS) is 1. The number of nitrogens with one attached hydrogen (secondary N) is 1. The Hall–Kier alpha value is -3.41. The molecule has 0 aliphatic rings. The van der Waals surface area contributed by atoms with Gasteiger partial charge in [-0.3, -0.25) is 9.59 Å². The van der Waals surface area contributed by atoms with E-state index in [1.165, 1.54) is 0 Å². The average molecular weight is 364 g/mol. The van der Waals surface area contributed by atoms with Gasteiger partial charge in [0.15, 0.2) is 5.82 Å². The highest BCUT2D eigenvalue weighted by molar-refractivity contribution is 5.99. The number of carboxylic acids is 1. The minimum absolute atomic E-state index is 0.254. The van der Waals surface area contributed by atoms with E-state index < -0.39 is 23.2 Å². The van der Waals surface area contributed by atoms with Gasteiger partial charge in [-0.2, -0.15) is 0 Å². The molecule has 6 nitrogen and oxygen atoms in total. The predicted molar refractivity (Wildman–Crippen MR) is 100 cm³/mol. The highest BCUT2D eigenvalue weighted by Crippen LogP contribution is 2.40. The number of anilines is 1. The molecule has 1 atom stereocenters. The third-order valence-corrected chi connectivity index (χ3v) is 4.72. The second-order valence-electron chi connectivity index (χ2n) is 6.38. The maximum Gasteiger partial charge on any atom is 0.319 e. The summed E-state index contributed by atoms with van der Waals surface area (Å²) in [6.07, 6.45) is 0. The van der Waals surface area contributed by atoms with Crippen LogP contribution in [0.1, 0.15) is 23.8 Å². The molecule has 1 aromatic heterocycles. The maximum atomic E-state index is 13.0. The number of hydrogen-bond acceptors (Lipinski definition) is 4. The number of aryl methyl sites for hydroxylation is 1. The SMILES string of the molecule is Cc1cc(NC(=O)C(C)C(C(=O)O)(c2ccccc2)c2ccccc2)no1. The number of nitrogens with zero attached hydrogens (tertiary/aromatic N) is 1. The van der Waals surface area contributed by atoms with Gasteiger partial charge in [0, 0.05) is 6.07 Å². The first kappa shape index (κ1) is 18.4. The number of aromatic nitrogens is 1. The average Bonchev–Trinajstić information content (AvgIpc) is 3.08. The van der Waals surface area contributed by atoms with Gasteiger partial charge in [0.1, 0.15) is 11.2 Å². The number of aliphatic carboxylic acids is 1. The zero-order valence-electron chi connectivity index (χ0n) is 15.0. The second-order valence-corrected chi connectivity index (χ2v) is 6.38. The van der Waals surface area contributed by atoms with Crippen LogP contribution in [0.15, 0.2) is 71.3 Å². The summed E-state index contributed by atoms with van der Waals surface area (Å²) in [5.41, 5.74) is -0.490. The van der Waals surface area contributed by atoms with Gasteiger partial charge in [0.25, 0.3) is 0 Å². The van der Waals surface area contributed by atoms with Gasteiger partial charge in [-0.1, -0.05) is 72.7 Å². The van der Waals surface area contributed by atoms with Gasteiger partial charge in [0.2, 0.25) is 5.91 Å². The van der Waals surface area contributed by atoms with E-state index in [1.807, 2.05) is 12.1 Å². The molecule has 0 saturated carbocycles. The van der Waals surface area contributed by atoms with Crippen molar-refractivity contribution in [3.63, 3.8) is 0 Å². The Balaban J connectivity index is 2.11. The zero-order chi connectivity index (χ0) is 19.4. The Morgan fingerprint density at radius 1 is 1.04 bits per heavy atom. The molecule has 3 rings (SSSR count). The predicted octanol–water partition coefficient (Wildman–Crippen LogP) is 3.63. The van der Waals surface area contributed by atoms with Crippen molar-refractivity contribution in [3.8, 4) is 0 Å². The molecule has 0 aliphatic heterocycles. The molecule has 0 spiro atoms. The lowest BCUT2D eigenvalue weighted by Crippen LogP contribution is -2.48. The molecule has 2 N–H and O–H groups in total. The van der Waals surface area contributed by atoms with Crippen molar-refractivity contribution < 1.29 is 19.2 Å². The minimum Gasteiger partial charge on any atom is -0.480 e. The number of hydrogen-bond donors (Lipinski definition) is 2. The molecule has 0 radical (unpaired) electrons. The molecule has 1 heterocycles. The molecule has 2 aromatic carbocycles. The van der Waals surface area contributed by atoms with E-state index >= 15 is 0 Å². The lowest BCUT2D eigenvalue weighted by atomic mass is 9.66. The number of carbonyl (C=O) groups excluding carboxylic acids is 1. The fourth-order valence-electron chi connectivity index (χ4n) is 3.36. The van der Waals surface area contributed by atoms with Crippen LogP contribution in [0.3, 0.4) is 0 Å². The van der Waals surface area contributed by atoms with Gasteiger partial charge < -0.3 is 14.9 Å². The van der Waals surface area contributed by atoms with Crippen molar-refractivity contribution in [1.29, 1.82) is 0 Å². The van der Waals surface area contributed by atoms with Gasteiger partial charge in [-0.25, -0.2) is 0 Å². The van der Waals surface area contributed by atoms with Crippen molar-refractivity contribution in [2.24, 2.45) is 5.92 Å². The van der Waals surface area contributed by atoms with Crippen LogP contribution >= 0.6 is 0 Å². The number of rotatable bonds is 6. The Morgan fingerprint density at radius 3 is 1.96 bits per heavy atom. The molecule has 27 heavy (non-hydrogen) atoms. The van der Waals surface area contributed by atoms with Crippen LogP contribution in [0, 0.1) is 12.8 Å². The zero-order valence-corrected chi connectivity index (χ0v) is 15.0. The van der Waals surface area contributed by atoms with Crippen molar-refractivity contribution in [1.82, 2.24) is 5.16 Å². The maximum absolute atomic E-state index is 13.0. The summed E-state index contributed by atoms with van der Waals surface area (Å²) in [6, 6.07) is 19.2. The van der Waals surface area contributed by atoms with E-state index in [0.29, 0.717) is 16.9 Å². The first-order chi connectivity index (χ1) is 13.0.